The number of para-hydroxylation sites is 1. The first-order valence-corrected chi connectivity index (χ1v) is 6.47. The minimum atomic E-state index is -1.15. The molecule has 2 N–H and O–H groups in total. The van der Waals surface area contributed by atoms with Crippen molar-refractivity contribution in [2.24, 2.45) is 0 Å². The highest BCUT2D eigenvalue weighted by Crippen LogP contribution is 2.27. The third kappa shape index (κ3) is 3.12. The zero-order valence-electron chi connectivity index (χ0n) is 9.80. The molecule has 1 aromatic heterocycles. The molecule has 102 valence electrons. The van der Waals surface area contributed by atoms with Crippen LogP contribution in [0.3, 0.4) is 0 Å². The maximum atomic E-state index is 12.0. The van der Waals surface area contributed by atoms with Gasteiger partial charge in [0.2, 0.25) is 0 Å². The highest BCUT2D eigenvalue weighted by molar-refractivity contribution is 9.10. The molecule has 20 heavy (non-hydrogen) atoms. The molecule has 2 rings (SSSR count). The standard InChI is InChI=1S/C12H7BrClN3O3/c13-7-3-1-2-6(12(19)20)10(7)17-11(18)8-4-15-5-9(14)16-8/h1-5H,(H,17,18)(H,19,20). The molecule has 0 fully saturated rings. The Morgan fingerprint density at radius 3 is 2.70 bits per heavy atom. The Morgan fingerprint density at radius 1 is 1.30 bits per heavy atom. The summed E-state index contributed by atoms with van der Waals surface area (Å²) in [6.07, 6.45) is 2.53. The maximum Gasteiger partial charge on any atom is 0.337 e. The minimum Gasteiger partial charge on any atom is -0.478 e. The Kier molecular flexibility index (Phi) is 4.31. The summed E-state index contributed by atoms with van der Waals surface area (Å²) >= 11 is 8.84. The van der Waals surface area contributed by atoms with Gasteiger partial charge in [-0.2, -0.15) is 0 Å². The van der Waals surface area contributed by atoms with Crippen LogP contribution in [0.1, 0.15) is 20.8 Å². The monoisotopic (exact) mass is 355 g/mol. The molecule has 0 unspecified atom stereocenters. The third-order valence-electron chi connectivity index (χ3n) is 2.32. The van der Waals surface area contributed by atoms with Crippen LogP contribution in [0.2, 0.25) is 5.15 Å². The van der Waals surface area contributed by atoms with Gasteiger partial charge in [0.15, 0.2) is 0 Å². The number of anilines is 1. The van der Waals surface area contributed by atoms with Crippen molar-refractivity contribution < 1.29 is 14.7 Å². The molecule has 1 heterocycles. The molecule has 1 aromatic carbocycles. The number of carboxylic acids is 1. The molecule has 0 radical (unpaired) electrons. The van der Waals surface area contributed by atoms with Crippen LogP contribution < -0.4 is 5.32 Å². The maximum absolute atomic E-state index is 12.0. The predicted octanol–water partition coefficient (Wildman–Crippen LogP) is 2.84. The first-order valence-electron chi connectivity index (χ1n) is 5.29. The summed E-state index contributed by atoms with van der Waals surface area (Å²) in [5.41, 5.74) is 0.0964. The number of hydrogen-bond acceptors (Lipinski definition) is 4. The van der Waals surface area contributed by atoms with Gasteiger partial charge < -0.3 is 10.4 Å². The molecule has 8 heteroatoms. The Balaban J connectivity index is 2.35. The molecule has 0 saturated carbocycles. The van der Waals surface area contributed by atoms with Crippen molar-refractivity contribution in [3.8, 4) is 0 Å². The van der Waals surface area contributed by atoms with Crippen molar-refractivity contribution in [2.75, 3.05) is 5.32 Å². The summed E-state index contributed by atoms with van der Waals surface area (Å²) in [6.45, 7) is 0. The Morgan fingerprint density at radius 2 is 2.05 bits per heavy atom. The topological polar surface area (TPSA) is 92.2 Å². The van der Waals surface area contributed by atoms with E-state index in [4.69, 9.17) is 16.7 Å². The van der Waals surface area contributed by atoms with Crippen molar-refractivity contribution in [3.63, 3.8) is 0 Å². The quantitative estimate of drug-likeness (QED) is 0.882. The van der Waals surface area contributed by atoms with Gasteiger partial charge in [0.25, 0.3) is 5.91 Å². The van der Waals surface area contributed by atoms with Gasteiger partial charge in [-0.15, -0.1) is 0 Å². The molecular weight excluding hydrogens is 350 g/mol. The number of amides is 1. The van der Waals surface area contributed by atoms with E-state index in [1.807, 2.05) is 0 Å². The zero-order chi connectivity index (χ0) is 14.7. The lowest BCUT2D eigenvalue weighted by atomic mass is 10.2. The average molecular weight is 357 g/mol. The fourth-order valence-corrected chi connectivity index (χ4v) is 2.07. The van der Waals surface area contributed by atoms with Crippen molar-refractivity contribution in [3.05, 3.63) is 51.5 Å². The number of carbonyl (C=O) groups is 2. The number of benzene rings is 1. The fraction of sp³-hybridized carbons (Fsp3) is 0. The van der Waals surface area contributed by atoms with Gasteiger partial charge in [-0.3, -0.25) is 9.78 Å². The summed E-state index contributed by atoms with van der Waals surface area (Å²) in [5, 5.41) is 11.6. The van der Waals surface area contributed by atoms with Gasteiger partial charge in [-0.25, -0.2) is 9.78 Å². The lowest BCUT2D eigenvalue weighted by Crippen LogP contribution is -2.17. The number of hydrogen-bond donors (Lipinski definition) is 2. The molecule has 2 aromatic rings. The van der Waals surface area contributed by atoms with Crippen LogP contribution in [0.4, 0.5) is 5.69 Å². The fourth-order valence-electron chi connectivity index (χ4n) is 1.46. The number of aromatic nitrogens is 2. The minimum absolute atomic E-state index is 0.00964. The smallest absolute Gasteiger partial charge is 0.337 e. The summed E-state index contributed by atoms with van der Waals surface area (Å²) in [4.78, 5) is 30.7. The average Bonchev–Trinajstić information content (AvgIpc) is 2.40. The van der Waals surface area contributed by atoms with E-state index in [2.05, 4.69) is 31.2 Å². The predicted molar refractivity (Wildman–Crippen MR) is 76.1 cm³/mol. The van der Waals surface area contributed by atoms with Gasteiger partial charge in [-0.1, -0.05) is 17.7 Å². The number of aromatic carboxylic acids is 1. The highest BCUT2D eigenvalue weighted by atomic mass is 79.9. The Bertz CT molecular complexity index is 693. The van der Waals surface area contributed by atoms with Crippen LogP contribution in [-0.2, 0) is 0 Å². The van der Waals surface area contributed by atoms with E-state index < -0.39 is 11.9 Å². The molecule has 0 bridgehead atoms. The molecule has 0 spiro atoms. The number of nitrogens with one attached hydrogen (secondary N) is 1. The second kappa shape index (κ2) is 5.98. The first kappa shape index (κ1) is 14.4. The van der Waals surface area contributed by atoms with Crippen LogP contribution in [0.5, 0.6) is 0 Å². The molecule has 6 nitrogen and oxygen atoms in total. The number of carbonyl (C=O) groups excluding carboxylic acids is 1. The number of halogens is 2. The largest absolute Gasteiger partial charge is 0.478 e. The van der Waals surface area contributed by atoms with E-state index >= 15 is 0 Å². The molecule has 0 saturated heterocycles. The molecule has 0 aliphatic rings. The van der Waals surface area contributed by atoms with E-state index in [9.17, 15) is 9.59 Å². The van der Waals surface area contributed by atoms with Gasteiger partial charge in [-0.05, 0) is 28.1 Å². The van der Waals surface area contributed by atoms with E-state index in [0.29, 0.717) is 4.47 Å². The summed E-state index contributed by atoms with van der Waals surface area (Å²) in [7, 11) is 0. The van der Waals surface area contributed by atoms with Gasteiger partial charge in [0, 0.05) is 4.47 Å². The number of carboxylic acid groups (broad SMARTS) is 1. The van der Waals surface area contributed by atoms with E-state index in [0.717, 1.165) is 0 Å². The lowest BCUT2D eigenvalue weighted by Gasteiger charge is -2.10. The first-order chi connectivity index (χ1) is 9.49. The van der Waals surface area contributed by atoms with Crippen molar-refractivity contribution in [1.82, 2.24) is 9.97 Å². The molecule has 0 atom stereocenters. The van der Waals surface area contributed by atoms with Gasteiger partial charge >= 0.3 is 5.97 Å². The second-order valence-corrected chi connectivity index (χ2v) is 4.89. The highest BCUT2D eigenvalue weighted by Gasteiger charge is 2.17. The molecular formula is C12H7BrClN3O3. The van der Waals surface area contributed by atoms with Crippen LogP contribution in [0, 0.1) is 0 Å². The SMILES string of the molecule is O=C(Nc1c(Br)cccc1C(=O)O)c1cncc(Cl)n1. The van der Waals surface area contributed by atoms with Crippen LogP contribution >= 0.6 is 27.5 Å². The van der Waals surface area contributed by atoms with Crippen LogP contribution in [0.25, 0.3) is 0 Å². The Hall–Kier alpha value is -1.99. The third-order valence-corrected chi connectivity index (χ3v) is 3.16. The van der Waals surface area contributed by atoms with Crippen LogP contribution in [-0.4, -0.2) is 27.0 Å². The molecule has 0 aliphatic carbocycles. The van der Waals surface area contributed by atoms with E-state index in [-0.39, 0.29) is 22.1 Å². The lowest BCUT2D eigenvalue weighted by molar-refractivity contribution is 0.0698. The zero-order valence-corrected chi connectivity index (χ0v) is 12.1. The number of rotatable bonds is 3. The van der Waals surface area contributed by atoms with Crippen LogP contribution in [0.15, 0.2) is 35.1 Å². The van der Waals surface area contributed by atoms with Crippen molar-refractivity contribution in [1.29, 1.82) is 0 Å². The normalized spacial score (nSPS) is 10.1. The number of nitrogens with zero attached hydrogens (tertiary/aromatic N) is 2. The van der Waals surface area contributed by atoms with E-state index in [1.165, 1.54) is 18.5 Å². The summed E-state index contributed by atoms with van der Waals surface area (Å²) < 4.78 is 0.445. The van der Waals surface area contributed by atoms with Gasteiger partial charge in [0.1, 0.15) is 10.8 Å². The molecule has 0 aliphatic heterocycles. The second-order valence-electron chi connectivity index (χ2n) is 3.65. The summed E-state index contributed by atoms with van der Waals surface area (Å²) in [6, 6.07) is 4.56. The van der Waals surface area contributed by atoms with Gasteiger partial charge in [0.05, 0.1) is 23.6 Å². The van der Waals surface area contributed by atoms with Crippen molar-refractivity contribution in [2.45, 2.75) is 0 Å². The Labute approximate surface area is 126 Å². The van der Waals surface area contributed by atoms with E-state index in [1.54, 1.807) is 12.1 Å². The van der Waals surface area contributed by atoms with Crippen molar-refractivity contribution >= 4 is 45.1 Å². The summed E-state index contributed by atoms with van der Waals surface area (Å²) in [5.74, 6) is -1.76. The molecule has 1 amide bonds.